The number of hydrogen-bond donors (Lipinski definition) is 3. The number of piperidine rings is 2. The van der Waals surface area contributed by atoms with Gasteiger partial charge in [-0.25, -0.2) is 0 Å². The molecule has 0 aromatic heterocycles. The van der Waals surface area contributed by atoms with E-state index in [1.165, 1.54) is 0 Å². The Kier molecular flexibility index (Phi) is 5.34. The van der Waals surface area contributed by atoms with Gasteiger partial charge < -0.3 is 30.3 Å². The summed E-state index contributed by atoms with van der Waals surface area (Å²) in [4.78, 5) is 25.6. The quantitative estimate of drug-likeness (QED) is 0.275. The van der Waals surface area contributed by atoms with Crippen LogP contribution in [0.15, 0.2) is 12.2 Å². The van der Waals surface area contributed by atoms with Crippen LogP contribution in [-0.2, 0) is 19.1 Å². The topological polar surface area (TPSA) is 143 Å². The summed E-state index contributed by atoms with van der Waals surface area (Å²) in [6, 6.07) is -0.259. The van der Waals surface area contributed by atoms with E-state index in [1.54, 1.807) is 6.92 Å². The average molecular weight is 534 g/mol. The maximum absolute atomic E-state index is 13.2. The predicted octanol–water partition coefficient (Wildman–Crippen LogP) is 1.58. The zero-order chi connectivity index (χ0) is 26.6. The van der Waals surface area contributed by atoms with Gasteiger partial charge in [0, 0.05) is 35.0 Å². The van der Waals surface area contributed by atoms with Crippen LogP contribution in [0.4, 0.5) is 0 Å². The van der Waals surface area contributed by atoms with Gasteiger partial charge in [0.05, 0.1) is 30.4 Å². The Hall–Kier alpha value is -1.52. The highest BCUT2D eigenvalue weighted by atomic mass is 16.6. The summed E-state index contributed by atoms with van der Waals surface area (Å²) >= 11 is 0. The molecule has 9 aliphatic rings. The smallest absolute Gasteiger partial charge is 0.308 e. The summed E-state index contributed by atoms with van der Waals surface area (Å²) in [5.41, 5.74) is -0.760. The molecule has 0 aromatic carbocycles. The first-order chi connectivity index (χ1) is 17.4. The lowest BCUT2D eigenvalue weighted by molar-refractivity contribution is -0.996. The van der Waals surface area contributed by atoms with Gasteiger partial charge in [-0.2, -0.15) is 0 Å². The Balaban J connectivity index is 0.00000264. The number of ether oxygens (including phenoxy) is 2. The van der Waals surface area contributed by atoms with Crippen LogP contribution in [-0.4, -0.2) is 87.0 Å². The number of quaternary nitrogens is 1. The van der Waals surface area contributed by atoms with E-state index in [0.29, 0.717) is 36.6 Å². The van der Waals surface area contributed by atoms with Crippen LogP contribution in [0.1, 0.15) is 59.8 Å². The first kappa shape index (κ1) is 26.7. The number of fused-ring (bicyclic) bond motifs is 1. The van der Waals surface area contributed by atoms with Crippen molar-refractivity contribution in [3.8, 4) is 0 Å². The van der Waals surface area contributed by atoms with Crippen LogP contribution < -0.4 is 0 Å². The maximum atomic E-state index is 13.2. The number of aliphatic hydroxyl groups excluding tert-OH is 3. The van der Waals surface area contributed by atoms with Gasteiger partial charge >= 0.3 is 11.9 Å². The molecule has 0 amide bonds. The van der Waals surface area contributed by atoms with Gasteiger partial charge in [0.25, 0.3) is 0 Å². The Bertz CT molecular complexity index is 1110. The van der Waals surface area contributed by atoms with Gasteiger partial charge in [-0.15, -0.1) is 0 Å². The Morgan fingerprint density at radius 1 is 1.13 bits per heavy atom. The normalized spacial score (nSPS) is 58.5. The van der Waals surface area contributed by atoms with Crippen LogP contribution in [0.5, 0.6) is 0 Å². The van der Waals surface area contributed by atoms with Crippen LogP contribution in [0.3, 0.4) is 0 Å². The molecular formula is C29H43NO8. The number of rotatable bonds is 5. The highest BCUT2D eigenvalue weighted by molar-refractivity contribution is 5.72. The number of aliphatic hydroxyl groups is 3. The fraction of sp³-hybridized carbons (Fsp3) is 0.862. The maximum Gasteiger partial charge on any atom is 0.308 e. The number of likely N-dealkylation sites (N-methyl/N-ethyl adjacent to an activating group) is 1. The monoisotopic (exact) mass is 533 g/mol. The highest BCUT2D eigenvalue weighted by Gasteiger charge is 3.00. The third-order valence-corrected chi connectivity index (χ3v) is 13.1. The van der Waals surface area contributed by atoms with E-state index in [-0.39, 0.29) is 65.2 Å². The Morgan fingerprint density at radius 2 is 1.82 bits per heavy atom. The molecule has 9 rings (SSSR count). The molecule has 9 bridgehead atoms. The van der Waals surface area contributed by atoms with Crippen LogP contribution >= 0.6 is 0 Å². The number of carbonyl (C=O) groups is 2. The van der Waals surface area contributed by atoms with Crippen molar-refractivity contribution < 1.29 is 44.3 Å². The van der Waals surface area contributed by atoms with Gasteiger partial charge in [0.1, 0.15) is 30.4 Å². The lowest BCUT2D eigenvalue weighted by Crippen LogP contribution is -2.77. The van der Waals surface area contributed by atoms with E-state index in [9.17, 15) is 24.9 Å². The van der Waals surface area contributed by atoms with Gasteiger partial charge in [0.2, 0.25) is 0 Å². The molecule has 38 heavy (non-hydrogen) atoms. The fourth-order valence-electron chi connectivity index (χ4n) is 12.4. The average Bonchev–Trinajstić information content (AvgIpc) is 3.23. The molecule has 6 saturated carbocycles. The molecule has 0 radical (unpaired) electrons. The molecule has 3 heterocycles. The molecule has 0 aromatic rings. The van der Waals surface area contributed by atoms with E-state index in [2.05, 4.69) is 20.6 Å². The molecular weight excluding hydrogens is 490 g/mol. The molecule has 4 N–H and O–H groups in total. The minimum absolute atomic E-state index is 0. The minimum atomic E-state index is -0.804. The van der Waals surface area contributed by atoms with Crippen molar-refractivity contribution in [3.63, 3.8) is 0 Å². The summed E-state index contributed by atoms with van der Waals surface area (Å²) in [5, 5.41) is 36.5. The summed E-state index contributed by atoms with van der Waals surface area (Å²) < 4.78 is 12.6. The summed E-state index contributed by atoms with van der Waals surface area (Å²) in [7, 11) is 2.08. The van der Waals surface area contributed by atoms with E-state index < -0.39 is 40.8 Å². The van der Waals surface area contributed by atoms with Crippen LogP contribution in [0.2, 0.25) is 0 Å². The number of hydrogen-bond acceptors (Lipinski definition) is 8. The van der Waals surface area contributed by atoms with Crippen molar-refractivity contribution in [2.45, 2.75) is 103 Å². The van der Waals surface area contributed by atoms with Gasteiger partial charge in [-0.1, -0.05) is 39.8 Å². The number of carbonyl (C=O) groups excluding carboxylic acids is 2. The standard InChI is InChI=1S/C29H42NO7.H2O/c1-7-12(3)25(34)37-20-16-13(4)9-28-17(20)23-29(22(28)19(16)32)11-14(36-15(31)8-2)10-27(5)21(29)18(24(28)33)30(23,6)26(27)35;/h12,14,16-24,26,32-33,35H,4,7-11H2,1-3,5-6H3;1H2/q+1;/p-1/t12-,14-,16+,17?,18+,19+,20-,21+,22+,23+,24-,26-,27+,28-,29-,30?;/m0./s1. The van der Waals surface area contributed by atoms with Gasteiger partial charge in [0.15, 0.2) is 6.23 Å². The van der Waals surface area contributed by atoms with Crippen molar-refractivity contribution in [2.24, 2.45) is 45.8 Å². The second kappa shape index (κ2) is 7.60. The van der Waals surface area contributed by atoms with Crippen LogP contribution in [0.25, 0.3) is 0 Å². The van der Waals surface area contributed by atoms with Gasteiger partial charge in [-0.05, 0) is 25.7 Å². The zero-order valence-corrected chi connectivity index (χ0v) is 23.0. The number of esters is 2. The molecule has 3 saturated heterocycles. The second-order valence-electron chi connectivity index (χ2n) is 14.1. The molecule has 212 valence electrons. The number of nitrogens with zero attached hydrogens (tertiary/aromatic N) is 1. The zero-order valence-electron chi connectivity index (χ0n) is 23.0. The molecule has 3 aliphatic heterocycles. The SMILES string of the molecule is C=C1C[C@]23C4[C@@H](OC(=O)[C@@H](C)CC)[C@H]1[C@@H](O)[C@H]2[C@]12C[C@@H](OC(=O)CC)C[C@]5(C)[C@H]1[C@H]([C@@H]3O)[N+](C)([C@H]42)[C@H]5O.[OH-]. The Morgan fingerprint density at radius 3 is 2.45 bits per heavy atom. The van der Waals surface area contributed by atoms with E-state index in [1.807, 2.05) is 13.8 Å². The summed E-state index contributed by atoms with van der Waals surface area (Å²) in [5.74, 6) is -1.58. The first-order valence-electron chi connectivity index (χ1n) is 14.3. The lowest BCUT2D eigenvalue weighted by Gasteiger charge is -2.66. The van der Waals surface area contributed by atoms with Crippen LogP contribution in [0, 0.1) is 45.8 Å². The van der Waals surface area contributed by atoms with Crippen molar-refractivity contribution in [2.75, 3.05) is 7.05 Å². The predicted molar refractivity (Wildman–Crippen MR) is 133 cm³/mol. The van der Waals surface area contributed by atoms with Crippen molar-refractivity contribution in [1.82, 2.24) is 0 Å². The Labute approximate surface area is 224 Å². The van der Waals surface area contributed by atoms with E-state index in [0.717, 1.165) is 5.57 Å². The molecule has 6 aliphatic carbocycles. The second-order valence-corrected chi connectivity index (χ2v) is 14.1. The molecule has 9 nitrogen and oxygen atoms in total. The van der Waals surface area contributed by atoms with Crippen molar-refractivity contribution in [3.05, 3.63) is 12.2 Å². The lowest BCUT2D eigenvalue weighted by atomic mass is 9.38. The molecule has 2 spiro atoms. The van der Waals surface area contributed by atoms with Crippen molar-refractivity contribution >= 4 is 11.9 Å². The summed E-state index contributed by atoms with van der Waals surface area (Å²) in [6.07, 6.45) is -0.476. The molecule has 2 unspecified atom stereocenters. The first-order valence-corrected chi connectivity index (χ1v) is 14.3. The minimum Gasteiger partial charge on any atom is -0.870 e. The highest BCUT2D eigenvalue weighted by Crippen LogP contribution is 2.89. The van der Waals surface area contributed by atoms with E-state index >= 15 is 0 Å². The fourth-order valence-corrected chi connectivity index (χ4v) is 12.4. The third-order valence-electron chi connectivity index (χ3n) is 13.1. The van der Waals surface area contributed by atoms with Gasteiger partial charge in [-0.3, -0.25) is 14.1 Å². The molecule has 16 atom stereocenters. The largest absolute Gasteiger partial charge is 0.870 e. The molecule has 9 fully saturated rings. The summed E-state index contributed by atoms with van der Waals surface area (Å²) in [6.45, 7) is 12.0. The van der Waals surface area contributed by atoms with Crippen molar-refractivity contribution in [1.29, 1.82) is 0 Å². The molecule has 9 heteroatoms. The third kappa shape index (κ3) is 2.38. The van der Waals surface area contributed by atoms with E-state index in [4.69, 9.17) is 9.47 Å².